The molecule has 112 valence electrons. The van der Waals surface area contributed by atoms with E-state index in [2.05, 4.69) is 13.8 Å². The lowest BCUT2D eigenvalue weighted by atomic mass is 9.76. The van der Waals surface area contributed by atoms with Crippen LogP contribution >= 0.6 is 0 Å². The number of hydrogen-bond donors (Lipinski definition) is 1. The molecule has 2 rings (SSSR count). The summed E-state index contributed by atoms with van der Waals surface area (Å²) in [4.78, 5) is 0. The van der Waals surface area contributed by atoms with Gasteiger partial charge in [0.05, 0.1) is 6.10 Å². The Bertz CT molecular complexity index is 472. The summed E-state index contributed by atoms with van der Waals surface area (Å²) in [5.74, 6) is 0.540. The zero-order valence-corrected chi connectivity index (χ0v) is 13.0. The first-order chi connectivity index (χ1) is 9.28. The molecular formula is C17H26FNO. The van der Waals surface area contributed by atoms with E-state index in [0.717, 1.165) is 24.2 Å². The minimum Gasteiger partial charge on any atom is -0.490 e. The van der Waals surface area contributed by atoms with E-state index in [9.17, 15) is 4.39 Å². The maximum absolute atomic E-state index is 13.7. The maximum atomic E-state index is 13.7. The van der Waals surface area contributed by atoms with Crippen LogP contribution in [0, 0.1) is 18.2 Å². The van der Waals surface area contributed by atoms with Gasteiger partial charge in [-0.05, 0) is 62.6 Å². The number of hydrogen-bond acceptors (Lipinski definition) is 2. The summed E-state index contributed by atoms with van der Waals surface area (Å²) in [6.07, 6.45) is 4.69. The Labute approximate surface area is 121 Å². The van der Waals surface area contributed by atoms with E-state index in [1.807, 2.05) is 6.92 Å². The first-order valence-electron chi connectivity index (χ1n) is 7.51. The van der Waals surface area contributed by atoms with E-state index in [-0.39, 0.29) is 18.0 Å². The molecule has 0 amide bonds. The van der Waals surface area contributed by atoms with Gasteiger partial charge in [0.15, 0.2) is 0 Å². The van der Waals surface area contributed by atoms with Crippen molar-refractivity contribution < 1.29 is 9.13 Å². The van der Waals surface area contributed by atoms with Crippen molar-refractivity contribution >= 4 is 0 Å². The first-order valence-corrected chi connectivity index (χ1v) is 7.51. The van der Waals surface area contributed by atoms with Crippen LogP contribution < -0.4 is 10.5 Å². The smallest absolute Gasteiger partial charge is 0.126 e. The number of ether oxygens (including phenoxy) is 1. The molecule has 0 spiro atoms. The lowest BCUT2D eigenvalue weighted by Crippen LogP contribution is -2.29. The van der Waals surface area contributed by atoms with Crippen molar-refractivity contribution in [3.05, 3.63) is 29.1 Å². The van der Waals surface area contributed by atoms with Crippen LogP contribution in [0.1, 0.15) is 63.6 Å². The Morgan fingerprint density at radius 1 is 1.30 bits per heavy atom. The van der Waals surface area contributed by atoms with Gasteiger partial charge in [0.25, 0.3) is 0 Å². The molecule has 1 aliphatic carbocycles. The lowest BCUT2D eigenvalue weighted by molar-refractivity contribution is 0.0975. The van der Waals surface area contributed by atoms with Crippen molar-refractivity contribution in [2.75, 3.05) is 0 Å². The molecule has 0 heterocycles. The molecule has 2 N–H and O–H groups in total. The van der Waals surface area contributed by atoms with E-state index < -0.39 is 0 Å². The summed E-state index contributed by atoms with van der Waals surface area (Å²) in [5.41, 5.74) is 7.73. The molecule has 1 aromatic carbocycles. The minimum atomic E-state index is -0.222. The van der Waals surface area contributed by atoms with Crippen LogP contribution in [0.25, 0.3) is 0 Å². The quantitative estimate of drug-likeness (QED) is 0.884. The zero-order chi connectivity index (χ0) is 14.9. The topological polar surface area (TPSA) is 35.2 Å². The van der Waals surface area contributed by atoms with Crippen molar-refractivity contribution in [2.45, 2.75) is 65.5 Å². The molecular weight excluding hydrogens is 253 g/mol. The third-order valence-corrected chi connectivity index (χ3v) is 4.36. The van der Waals surface area contributed by atoms with Crippen molar-refractivity contribution in [3.63, 3.8) is 0 Å². The molecule has 20 heavy (non-hydrogen) atoms. The van der Waals surface area contributed by atoms with Gasteiger partial charge in [-0.1, -0.05) is 13.8 Å². The van der Waals surface area contributed by atoms with Crippen LogP contribution in [0.5, 0.6) is 5.75 Å². The molecule has 1 aromatic rings. The Kier molecular flexibility index (Phi) is 4.38. The largest absolute Gasteiger partial charge is 0.490 e. The highest BCUT2D eigenvalue weighted by Crippen LogP contribution is 2.37. The van der Waals surface area contributed by atoms with Crippen molar-refractivity contribution in [1.29, 1.82) is 0 Å². The van der Waals surface area contributed by atoms with Gasteiger partial charge in [-0.25, -0.2) is 4.39 Å². The second kappa shape index (κ2) is 5.72. The monoisotopic (exact) mass is 279 g/mol. The van der Waals surface area contributed by atoms with Gasteiger partial charge >= 0.3 is 0 Å². The highest BCUT2D eigenvalue weighted by Gasteiger charge is 2.28. The Balaban J connectivity index is 2.15. The maximum Gasteiger partial charge on any atom is 0.126 e. The van der Waals surface area contributed by atoms with Crippen LogP contribution in [0.15, 0.2) is 12.1 Å². The second-order valence-electron chi connectivity index (χ2n) is 6.91. The van der Waals surface area contributed by atoms with E-state index in [1.165, 1.54) is 18.9 Å². The van der Waals surface area contributed by atoms with E-state index >= 15 is 0 Å². The van der Waals surface area contributed by atoms with Crippen LogP contribution in [-0.2, 0) is 0 Å². The predicted octanol–water partition coefficient (Wildman–Crippen LogP) is 4.50. The van der Waals surface area contributed by atoms with Gasteiger partial charge in [-0.2, -0.15) is 0 Å². The SMILES string of the molecule is Cc1cc(OC2CCC(C)(C)CC2)c(C(C)N)cc1F. The molecule has 1 atom stereocenters. The summed E-state index contributed by atoms with van der Waals surface area (Å²) in [6.45, 7) is 8.23. The summed E-state index contributed by atoms with van der Waals surface area (Å²) in [5, 5.41) is 0. The fraction of sp³-hybridized carbons (Fsp3) is 0.647. The number of halogens is 1. The molecule has 0 saturated heterocycles. The molecule has 0 aliphatic heterocycles. The van der Waals surface area contributed by atoms with Crippen LogP contribution in [-0.4, -0.2) is 6.10 Å². The molecule has 0 aromatic heterocycles. The molecule has 0 radical (unpaired) electrons. The zero-order valence-electron chi connectivity index (χ0n) is 13.0. The average Bonchev–Trinajstić information content (AvgIpc) is 2.35. The lowest BCUT2D eigenvalue weighted by Gasteiger charge is -2.34. The fourth-order valence-corrected chi connectivity index (χ4v) is 2.80. The molecule has 1 fully saturated rings. The van der Waals surface area contributed by atoms with Gasteiger partial charge in [0.1, 0.15) is 11.6 Å². The molecule has 1 saturated carbocycles. The standard InChI is InChI=1S/C17H26FNO/c1-11-9-16(14(12(2)19)10-15(11)18)20-13-5-7-17(3,4)8-6-13/h9-10,12-13H,5-8,19H2,1-4H3. The third kappa shape index (κ3) is 3.51. The number of aryl methyl sites for hydroxylation is 1. The second-order valence-corrected chi connectivity index (χ2v) is 6.91. The highest BCUT2D eigenvalue weighted by molar-refractivity contribution is 5.40. The predicted molar refractivity (Wildman–Crippen MR) is 80.4 cm³/mol. The third-order valence-electron chi connectivity index (χ3n) is 4.36. The Morgan fingerprint density at radius 3 is 2.45 bits per heavy atom. The number of rotatable bonds is 3. The van der Waals surface area contributed by atoms with Gasteiger partial charge in [0, 0.05) is 11.6 Å². The first kappa shape index (κ1) is 15.3. The fourth-order valence-electron chi connectivity index (χ4n) is 2.80. The summed E-state index contributed by atoms with van der Waals surface area (Å²) in [7, 11) is 0. The minimum absolute atomic E-state index is 0.213. The van der Waals surface area contributed by atoms with E-state index in [0.29, 0.717) is 11.0 Å². The average molecular weight is 279 g/mol. The number of benzene rings is 1. The van der Waals surface area contributed by atoms with Gasteiger partial charge < -0.3 is 10.5 Å². The molecule has 1 aliphatic rings. The van der Waals surface area contributed by atoms with Gasteiger partial charge in [-0.15, -0.1) is 0 Å². The van der Waals surface area contributed by atoms with Crippen molar-refractivity contribution in [3.8, 4) is 5.75 Å². The van der Waals surface area contributed by atoms with Crippen LogP contribution in [0.4, 0.5) is 4.39 Å². The molecule has 3 heteroatoms. The molecule has 2 nitrogen and oxygen atoms in total. The van der Waals surface area contributed by atoms with Crippen LogP contribution in [0.3, 0.4) is 0 Å². The molecule has 0 bridgehead atoms. The van der Waals surface area contributed by atoms with Gasteiger partial charge in [0.2, 0.25) is 0 Å². The molecule has 1 unspecified atom stereocenters. The Hall–Kier alpha value is -1.09. The van der Waals surface area contributed by atoms with E-state index in [1.54, 1.807) is 13.0 Å². The van der Waals surface area contributed by atoms with Crippen molar-refractivity contribution in [1.82, 2.24) is 0 Å². The summed E-state index contributed by atoms with van der Waals surface area (Å²) < 4.78 is 19.8. The Morgan fingerprint density at radius 2 is 1.90 bits per heavy atom. The normalized spacial score (nSPS) is 20.7. The number of nitrogens with two attached hydrogens (primary N) is 1. The van der Waals surface area contributed by atoms with Crippen molar-refractivity contribution in [2.24, 2.45) is 11.1 Å². The van der Waals surface area contributed by atoms with Crippen LogP contribution in [0.2, 0.25) is 0 Å². The summed E-state index contributed by atoms with van der Waals surface area (Å²) >= 11 is 0. The highest BCUT2D eigenvalue weighted by atomic mass is 19.1. The van der Waals surface area contributed by atoms with Gasteiger partial charge in [-0.3, -0.25) is 0 Å². The summed E-state index contributed by atoms with van der Waals surface area (Å²) in [6, 6.07) is 3.08. The van der Waals surface area contributed by atoms with E-state index in [4.69, 9.17) is 10.5 Å².